The number of aliphatic hydroxyl groups excluding tert-OH is 1. The summed E-state index contributed by atoms with van der Waals surface area (Å²) in [4.78, 5) is 14.4. The monoisotopic (exact) mass is 281 g/mol. The van der Waals surface area contributed by atoms with Gasteiger partial charge in [-0.05, 0) is 64.1 Å². The Bertz CT molecular complexity index is 349. The molecule has 3 aliphatic rings. The van der Waals surface area contributed by atoms with Crippen LogP contribution in [0.1, 0.15) is 38.5 Å². The first-order chi connectivity index (χ1) is 9.72. The zero-order valence-corrected chi connectivity index (χ0v) is 12.2. The lowest BCUT2D eigenvalue weighted by molar-refractivity contribution is -0.124. The highest BCUT2D eigenvalue weighted by Crippen LogP contribution is 2.39. The zero-order chi connectivity index (χ0) is 14.0. The predicted molar refractivity (Wildman–Crippen MR) is 77.4 cm³/mol. The summed E-state index contributed by atoms with van der Waals surface area (Å²) >= 11 is 0. The SMILES string of the molecule is O=C(CN1CCC(CO)CC1)NC1CCNC12CCC2. The number of nitrogens with one attached hydrogen (secondary N) is 2. The maximum atomic E-state index is 12.2. The third-order valence-electron chi connectivity index (χ3n) is 5.49. The minimum atomic E-state index is 0.174. The van der Waals surface area contributed by atoms with Gasteiger partial charge in [-0.3, -0.25) is 9.69 Å². The van der Waals surface area contributed by atoms with Gasteiger partial charge in [-0.2, -0.15) is 0 Å². The molecule has 0 radical (unpaired) electrons. The fourth-order valence-electron chi connectivity index (χ4n) is 3.93. The Morgan fingerprint density at radius 3 is 2.65 bits per heavy atom. The van der Waals surface area contributed by atoms with E-state index in [2.05, 4.69) is 15.5 Å². The van der Waals surface area contributed by atoms with E-state index in [1.165, 1.54) is 19.3 Å². The molecule has 1 spiro atoms. The van der Waals surface area contributed by atoms with Crippen LogP contribution in [0, 0.1) is 5.92 Å². The maximum absolute atomic E-state index is 12.2. The van der Waals surface area contributed by atoms with Crippen molar-refractivity contribution in [2.75, 3.05) is 32.8 Å². The van der Waals surface area contributed by atoms with Crippen LogP contribution in [-0.4, -0.2) is 60.3 Å². The molecular formula is C15H27N3O2. The number of carbonyl (C=O) groups excluding carboxylic acids is 1. The molecule has 3 fully saturated rings. The lowest BCUT2D eigenvalue weighted by Crippen LogP contribution is -2.60. The minimum Gasteiger partial charge on any atom is -0.396 e. The van der Waals surface area contributed by atoms with Crippen molar-refractivity contribution in [1.29, 1.82) is 0 Å². The van der Waals surface area contributed by atoms with Gasteiger partial charge in [-0.15, -0.1) is 0 Å². The molecule has 1 saturated carbocycles. The highest BCUT2D eigenvalue weighted by Gasteiger charge is 2.47. The van der Waals surface area contributed by atoms with E-state index in [0.29, 0.717) is 18.5 Å². The second-order valence-corrected chi connectivity index (χ2v) is 6.75. The summed E-state index contributed by atoms with van der Waals surface area (Å²) in [7, 11) is 0. The topological polar surface area (TPSA) is 64.6 Å². The molecule has 1 atom stereocenters. The van der Waals surface area contributed by atoms with E-state index in [9.17, 15) is 4.79 Å². The summed E-state index contributed by atoms with van der Waals surface area (Å²) in [5.74, 6) is 0.610. The second-order valence-electron chi connectivity index (χ2n) is 6.75. The Morgan fingerprint density at radius 1 is 1.30 bits per heavy atom. The van der Waals surface area contributed by atoms with Gasteiger partial charge < -0.3 is 15.7 Å². The van der Waals surface area contributed by atoms with E-state index in [1.54, 1.807) is 0 Å². The number of amides is 1. The predicted octanol–water partition coefficient (Wildman–Crippen LogP) is 0.0915. The molecule has 0 bridgehead atoms. The fourth-order valence-corrected chi connectivity index (χ4v) is 3.93. The highest BCUT2D eigenvalue weighted by molar-refractivity contribution is 5.78. The van der Waals surface area contributed by atoms with E-state index in [1.807, 2.05) is 0 Å². The molecule has 1 amide bonds. The van der Waals surface area contributed by atoms with Crippen LogP contribution < -0.4 is 10.6 Å². The van der Waals surface area contributed by atoms with E-state index in [-0.39, 0.29) is 18.1 Å². The number of hydrogen-bond acceptors (Lipinski definition) is 4. The number of carbonyl (C=O) groups is 1. The minimum absolute atomic E-state index is 0.174. The normalized spacial score (nSPS) is 30.4. The molecule has 0 aromatic rings. The van der Waals surface area contributed by atoms with Crippen molar-refractivity contribution in [3.63, 3.8) is 0 Å². The fraction of sp³-hybridized carbons (Fsp3) is 0.933. The van der Waals surface area contributed by atoms with E-state index < -0.39 is 0 Å². The highest BCUT2D eigenvalue weighted by atomic mass is 16.3. The van der Waals surface area contributed by atoms with E-state index >= 15 is 0 Å². The molecule has 5 nitrogen and oxygen atoms in total. The quantitative estimate of drug-likeness (QED) is 0.683. The van der Waals surface area contributed by atoms with Crippen molar-refractivity contribution in [1.82, 2.24) is 15.5 Å². The molecule has 1 unspecified atom stereocenters. The van der Waals surface area contributed by atoms with E-state index in [4.69, 9.17) is 5.11 Å². The largest absolute Gasteiger partial charge is 0.396 e. The first-order valence-electron chi connectivity index (χ1n) is 8.09. The maximum Gasteiger partial charge on any atom is 0.234 e. The van der Waals surface area contributed by atoms with Crippen molar-refractivity contribution in [3.8, 4) is 0 Å². The molecule has 3 rings (SSSR count). The van der Waals surface area contributed by atoms with Crippen LogP contribution in [-0.2, 0) is 4.79 Å². The van der Waals surface area contributed by atoms with Crippen molar-refractivity contribution in [2.24, 2.45) is 5.92 Å². The summed E-state index contributed by atoms with van der Waals surface area (Å²) in [5, 5.41) is 16.0. The first kappa shape index (κ1) is 14.3. The van der Waals surface area contributed by atoms with Gasteiger partial charge in [0.05, 0.1) is 6.54 Å². The Kier molecular flexibility index (Phi) is 4.29. The average Bonchev–Trinajstić information content (AvgIpc) is 2.83. The number of rotatable bonds is 4. The summed E-state index contributed by atoms with van der Waals surface area (Å²) in [6.07, 6.45) is 6.80. The Balaban J connectivity index is 1.43. The molecule has 0 aromatic carbocycles. The number of piperidine rings is 1. The smallest absolute Gasteiger partial charge is 0.234 e. The summed E-state index contributed by atoms with van der Waals surface area (Å²) in [6.45, 7) is 3.72. The van der Waals surface area contributed by atoms with Crippen molar-refractivity contribution in [3.05, 3.63) is 0 Å². The third-order valence-corrected chi connectivity index (χ3v) is 5.49. The Hall–Kier alpha value is -0.650. The number of nitrogens with zero attached hydrogens (tertiary/aromatic N) is 1. The van der Waals surface area contributed by atoms with Crippen LogP contribution in [0.2, 0.25) is 0 Å². The molecule has 2 aliphatic heterocycles. The van der Waals surface area contributed by atoms with Crippen LogP contribution in [0.15, 0.2) is 0 Å². The lowest BCUT2D eigenvalue weighted by Gasteiger charge is -2.44. The second kappa shape index (κ2) is 6.00. The standard InChI is InChI=1S/C15H27N3O2/c19-11-12-3-8-18(9-4-12)10-14(20)17-13-2-7-16-15(13)5-1-6-15/h12-13,16,19H,1-11H2,(H,17,20). The summed E-state index contributed by atoms with van der Waals surface area (Å²) in [6, 6.07) is 0.332. The van der Waals surface area contributed by atoms with Crippen LogP contribution in [0.4, 0.5) is 0 Å². The Labute approximate surface area is 121 Å². The molecule has 2 heterocycles. The van der Waals surface area contributed by atoms with Gasteiger partial charge >= 0.3 is 0 Å². The molecule has 2 saturated heterocycles. The van der Waals surface area contributed by atoms with Crippen LogP contribution in [0.25, 0.3) is 0 Å². The summed E-state index contributed by atoms with van der Waals surface area (Å²) in [5.41, 5.74) is 0.222. The molecule has 20 heavy (non-hydrogen) atoms. The van der Waals surface area contributed by atoms with Gasteiger partial charge in [0.15, 0.2) is 0 Å². The number of hydrogen-bond donors (Lipinski definition) is 3. The Morgan fingerprint density at radius 2 is 2.05 bits per heavy atom. The van der Waals surface area contributed by atoms with Crippen molar-refractivity contribution < 1.29 is 9.90 Å². The van der Waals surface area contributed by atoms with E-state index in [0.717, 1.165) is 38.9 Å². The van der Waals surface area contributed by atoms with Crippen LogP contribution >= 0.6 is 0 Å². The summed E-state index contributed by atoms with van der Waals surface area (Å²) < 4.78 is 0. The van der Waals surface area contributed by atoms with Gasteiger partial charge in [0.1, 0.15) is 0 Å². The van der Waals surface area contributed by atoms with Crippen LogP contribution in [0.5, 0.6) is 0 Å². The van der Waals surface area contributed by atoms with Gasteiger partial charge in [-0.25, -0.2) is 0 Å². The molecule has 3 N–H and O–H groups in total. The zero-order valence-electron chi connectivity index (χ0n) is 12.2. The van der Waals surface area contributed by atoms with Crippen LogP contribution in [0.3, 0.4) is 0 Å². The number of likely N-dealkylation sites (tertiary alicyclic amines) is 1. The third kappa shape index (κ3) is 2.85. The van der Waals surface area contributed by atoms with Crippen molar-refractivity contribution >= 4 is 5.91 Å². The lowest BCUT2D eigenvalue weighted by atomic mass is 9.73. The van der Waals surface area contributed by atoms with Gasteiger partial charge in [0.25, 0.3) is 0 Å². The van der Waals surface area contributed by atoms with Crippen molar-refractivity contribution in [2.45, 2.75) is 50.1 Å². The first-order valence-corrected chi connectivity index (χ1v) is 8.09. The molecule has 114 valence electrons. The molecule has 5 heteroatoms. The molecule has 0 aromatic heterocycles. The van der Waals surface area contributed by atoms with Gasteiger partial charge in [0.2, 0.25) is 5.91 Å². The molecular weight excluding hydrogens is 254 g/mol. The number of aliphatic hydroxyl groups is 1. The van der Waals surface area contributed by atoms with Gasteiger partial charge in [-0.1, -0.05) is 0 Å². The van der Waals surface area contributed by atoms with Gasteiger partial charge in [0, 0.05) is 18.2 Å². The average molecular weight is 281 g/mol. The molecule has 1 aliphatic carbocycles.